The highest BCUT2D eigenvalue weighted by atomic mass is 32.2. The third kappa shape index (κ3) is 3.74. The van der Waals surface area contributed by atoms with Crippen LogP contribution < -0.4 is 0 Å². The van der Waals surface area contributed by atoms with Crippen LogP contribution in [0.2, 0.25) is 0 Å². The number of hydrogen-bond donors (Lipinski definition) is 1. The Bertz CT molecular complexity index is 938. The van der Waals surface area contributed by atoms with E-state index >= 15 is 0 Å². The average Bonchev–Trinajstić information content (AvgIpc) is 3.31. The van der Waals surface area contributed by atoms with Crippen molar-refractivity contribution in [3.05, 3.63) is 59.7 Å². The summed E-state index contributed by atoms with van der Waals surface area (Å²) in [6.45, 7) is 1.72. The van der Waals surface area contributed by atoms with Crippen LogP contribution >= 0.6 is 11.8 Å². The van der Waals surface area contributed by atoms with Crippen molar-refractivity contribution in [2.45, 2.75) is 24.3 Å². The van der Waals surface area contributed by atoms with Gasteiger partial charge in [0.1, 0.15) is 12.4 Å². The molecule has 1 amide bonds. The van der Waals surface area contributed by atoms with Crippen LogP contribution in [0.4, 0.5) is 0 Å². The van der Waals surface area contributed by atoms with Crippen LogP contribution in [-0.2, 0) is 24.9 Å². The molecule has 4 rings (SSSR count). The van der Waals surface area contributed by atoms with E-state index in [9.17, 15) is 9.90 Å². The average molecular weight is 384 g/mol. The highest BCUT2D eigenvalue weighted by Crippen LogP contribution is 2.24. The first-order valence-electron chi connectivity index (χ1n) is 8.66. The predicted octanol–water partition coefficient (Wildman–Crippen LogP) is 1.23. The zero-order valence-electron chi connectivity index (χ0n) is 14.9. The van der Waals surface area contributed by atoms with E-state index in [0.29, 0.717) is 31.1 Å². The van der Waals surface area contributed by atoms with Crippen molar-refractivity contribution in [1.82, 2.24) is 29.4 Å². The lowest BCUT2D eigenvalue weighted by Crippen LogP contribution is -2.39. The molecule has 27 heavy (non-hydrogen) atoms. The van der Waals surface area contributed by atoms with Crippen LogP contribution in [0.25, 0.3) is 0 Å². The topological polar surface area (TPSA) is 89.1 Å². The van der Waals surface area contributed by atoms with Crippen LogP contribution in [0.1, 0.15) is 23.1 Å². The Kier molecular flexibility index (Phi) is 4.95. The number of hydrogen-bond acceptors (Lipinski definition) is 6. The quantitative estimate of drug-likeness (QED) is 0.666. The molecule has 0 fully saturated rings. The number of rotatable bonds is 5. The SMILES string of the molecule is Cn1cnnc1SCC(=O)N1CCn2nc(C(O)c3ccccc3)cc2C1. The number of thioether (sulfide) groups is 1. The van der Waals surface area contributed by atoms with Crippen LogP contribution in [0.15, 0.2) is 47.9 Å². The largest absolute Gasteiger partial charge is 0.382 e. The molecule has 2 aromatic heterocycles. The minimum absolute atomic E-state index is 0.0561. The second kappa shape index (κ2) is 7.53. The molecule has 1 aromatic carbocycles. The highest BCUT2D eigenvalue weighted by Gasteiger charge is 2.24. The lowest BCUT2D eigenvalue weighted by Gasteiger charge is -2.27. The van der Waals surface area contributed by atoms with Gasteiger partial charge in [0.15, 0.2) is 5.16 Å². The molecule has 0 radical (unpaired) electrons. The molecular formula is C18H20N6O2S. The van der Waals surface area contributed by atoms with Crippen molar-refractivity contribution in [2.75, 3.05) is 12.3 Å². The fourth-order valence-corrected chi connectivity index (χ4v) is 3.85. The van der Waals surface area contributed by atoms with Crippen LogP contribution in [0, 0.1) is 0 Å². The predicted molar refractivity (Wildman–Crippen MR) is 99.9 cm³/mol. The standard InChI is InChI=1S/C18H20N6O2S/c1-22-12-19-20-18(22)27-11-16(25)23-7-8-24-14(10-23)9-15(21-24)17(26)13-5-3-2-4-6-13/h2-6,9,12,17,26H,7-8,10-11H2,1H3. The summed E-state index contributed by atoms with van der Waals surface area (Å²) >= 11 is 1.38. The summed E-state index contributed by atoms with van der Waals surface area (Å²) in [5.41, 5.74) is 2.35. The maximum absolute atomic E-state index is 12.5. The summed E-state index contributed by atoms with van der Waals surface area (Å²) in [6.07, 6.45) is 0.853. The van der Waals surface area contributed by atoms with Gasteiger partial charge >= 0.3 is 0 Å². The molecule has 8 nitrogen and oxygen atoms in total. The van der Waals surface area contributed by atoms with Gasteiger partial charge in [-0.05, 0) is 11.6 Å². The maximum Gasteiger partial charge on any atom is 0.233 e. The van der Waals surface area contributed by atoms with Gasteiger partial charge < -0.3 is 14.6 Å². The van der Waals surface area contributed by atoms with Gasteiger partial charge in [-0.2, -0.15) is 5.10 Å². The number of aliphatic hydroxyl groups excluding tert-OH is 1. The number of nitrogens with zero attached hydrogens (tertiary/aromatic N) is 6. The van der Waals surface area contributed by atoms with E-state index in [4.69, 9.17) is 0 Å². The Morgan fingerprint density at radius 3 is 2.85 bits per heavy atom. The van der Waals surface area contributed by atoms with Crippen molar-refractivity contribution in [2.24, 2.45) is 7.05 Å². The first kappa shape index (κ1) is 17.7. The number of aryl methyl sites for hydroxylation is 1. The van der Waals surface area contributed by atoms with Gasteiger partial charge in [-0.3, -0.25) is 9.48 Å². The van der Waals surface area contributed by atoms with Gasteiger partial charge in [0, 0.05) is 13.6 Å². The third-order valence-corrected chi connectivity index (χ3v) is 5.58. The van der Waals surface area contributed by atoms with E-state index in [1.807, 2.05) is 53.0 Å². The monoisotopic (exact) mass is 384 g/mol. The summed E-state index contributed by atoms with van der Waals surface area (Å²) in [6, 6.07) is 11.3. The van der Waals surface area contributed by atoms with E-state index in [1.54, 1.807) is 10.9 Å². The third-order valence-electron chi connectivity index (χ3n) is 4.56. The Morgan fingerprint density at radius 1 is 1.30 bits per heavy atom. The van der Waals surface area contributed by atoms with Crippen molar-refractivity contribution in [3.63, 3.8) is 0 Å². The molecule has 3 heterocycles. The number of amides is 1. The van der Waals surface area contributed by atoms with Gasteiger partial charge in [0.2, 0.25) is 5.91 Å². The fraction of sp³-hybridized carbons (Fsp3) is 0.333. The Hall–Kier alpha value is -2.65. The first-order chi connectivity index (χ1) is 13.1. The molecular weight excluding hydrogens is 364 g/mol. The second-order valence-corrected chi connectivity index (χ2v) is 7.37. The van der Waals surface area contributed by atoms with Crippen molar-refractivity contribution >= 4 is 17.7 Å². The normalized spacial score (nSPS) is 14.8. The van der Waals surface area contributed by atoms with E-state index < -0.39 is 6.10 Å². The molecule has 1 unspecified atom stereocenters. The minimum Gasteiger partial charge on any atom is -0.382 e. The zero-order valence-corrected chi connectivity index (χ0v) is 15.7. The van der Waals surface area contributed by atoms with E-state index in [2.05, 4.69) is 15.3 Å². The molecule has 0 saturated heterocycles. The fourth-order valence-electron chi connectivity index (χ4n) is 3.06. The summed E-state index contributed by atoms with van der Waals surface area (Å²) in [5, 5.41) is 23.6. The molecule has 9 heteroatoms. The van der Waals surface area contributed by atoms with Gasteiger partial charge in [-0.15, -0.1) is 10.2 Å². The molecule has 1 atom stereocenters. The van der Waals surface area contributed by atoms with E-state index in [0.717, 1.165) is 16.4 Å². The summed E-state index contributed by atoms with van der Waals surface area (Å²) in [4.78, 5) is 14.4. The smallest absolute Gasteiger partial charge is 0.233 e. The van der Waals surface area contributed by atoms with Crippen LogP contribution in [0.3, 0.4) is 0 Å². The van der Waals surface area contributed by atoms with Gasteiger partial charge in [-0.1, -0.05) is 42.1 Å². The Labute approximate surface area is 160 Å². The molecule has 1 aliphatic heterocycles. The Morgan fingerprint density at radius 2 is 2.11 bits per heavy atom. The second-order valence-electron chi connectivity index (χ2n) is 6.43. The lowest BCUT2D eigenvalue weighted by atomic mass is 10.1. The highest BCUT2D eigenvalue weighted by molar-refractivity contribution is 7.99. The number of aromatic nitrogens is 5. The summed E-state index contributed by atoms with van der Waals surface area (Å²) in [7, 11) is 1.85. The number of aliphatic hydroxyl groups is 1. The molecule has 0 bridgehead atoms. The molecule has 0 saturated carbocycles. The Balaban J connectivity index is 1.42. The van der Waals surface area contributed by atoms with Gasteiger partial charge in [0.25, 0.3) is 0 Å². The van der Waals surface area contributed by atoms with Crippen LogP contribution in [-0.4, -0.2) is 52.8 Å². The van der Waals surface area contributed by atoms with Crippen molar-refractivity contribution in [1.29, 1.82) is 0 Å². The summed E-state index contributed by atoms with van der Waals surface area (Å²) < 4.78 is 3.67. The molecule has 0 aliphatic carbocycles. The van der Waals surface area contributed by atoms with Gasteiger partial charge in [0.05, 0.1) is 30.2 Å². The first-order valence-corrected chi connectivity index (χ1v) is 9.64. The molecule has 140 valence electrons. The lowest BCUT2D eigenvalue weighted by molar-refractivity contribution is -0.129. The number of carbonyl (C=O) groups is 1. The van der Waals surface area contributed by atoms with Crippen molar-refractivity contribution in [3.8, 4) is 0 Å². The number of benzene rings is 1. The summed E-state index contributed by atoms with van der Waals surface area (Å²) in [5.74, 6) is 0.376. The molecule has 1 aliphatic rings. The molecule has 1 N–H and O–H groups in total. The maximum atomic E-state index is 12.5. The van der Waals surface area contributed by atoms with Crippen molar-refractivity contribution < 1.29 is 9.90 Å². The van der Waals surface area contributed by atoms with Crippen LogP contribution in [0.5, 0.6) is 0 Å². The minimum atomic E-state index is -0.764. The number of fused-ring (bicyclic) bond motifs is 1. The van der Waals surface area contributed by atoms with E-state index in [-0.39, 0.29) is 5.91 Å². The molecule has 3 aromatic rings. The zero-order chi connectivity index (χ0) is 18.8. The van der Waals surface area contributed by atoms with Gasteiger partial charge in [-0.25, -0.2) is 0 Å². The van der Waals surface area contributed by atoms with E-state index in [1.165, 1.54) is 11.8 Å². The number of carbonyl (C=O) groups excluding carboxylic acids is 1. The molecule has 0 spiro atoms.